The van der Waals surface area contributed by atoms with Crippen molar-refractivity contribution in [1.29, 1.82) is 0 Å². The van der Waals surface area contributed by atoms with Crippen LogP contribution in [0.5, 0.6) is 0 Å². The lowest BCUT2D eigenvalue weighted by Gasteiger charge is -2.06. The molecule has 1 heterocycles. The number of carbonyl (C=O) groups is 2. The molecule has 2 amide bonds. The van der Waals surface area contributed by atoms with Crippen LogP contribution < -0.4 is 10.6 Å². The Bertz CT molecular complexity index is 937. The molecular formula is C20H19N3O3S. The van der Waals surface area contributed by atoms with Gasteiger partial charge in [0.25, 0.3) is 0 Å². The van der Waals surface area contributed by atoms with Gasteiger partial charge in [0.15, 0.2) is 5.13 Å². The van der Waals surface area contributed by atoms with Crippen molar-refractivity contribution in [2.24, 2.45) is 0 Å². The maximum Gasteiger partial charge on any atom is 0.338 e. The van der Waals surface area contributed by atoms with Gasteiger partial charge in [-0.3, -0.25) is 5.32 Å². The molecule has 0 aliphatic heterocycles. The Balaban J connectivity index is 1.64. The van der Waals surface area contributed by atoms with E-state index >= 15 is 0 Å². The predicted molar refractivity (Wildman–Crippen MR) is 107 cm³/mol. The van der Waals surface area contributed by atoms with Gasteiger partial charge in [-0.25, -0.2) is 14.6 Å². The zero-order valence-corrected chi connectivity index (χ0v) is 15.8. The number of esters is 1. The number of thiazole rings is 1. The van der Waals surface area contributed by atoms with Crippen molar-refractivity contribution in [3.63, 3.8) is 0 Å². The molecule has 138 valence electrons. The Morgan fingerprint density at radius 3 is 2.41 bits per heavy atom. The summed E-state index contributed by atoms with van der Waals surface area (Å²) in [5.41, 5.74) is 2.87. The Labute approximate surface area is 161 Å². The lowest BCUT2D eigenvalue weighted by atomic mass is 10.1. The van der Waals surface area contributed by atoms with E-state index in [0.29, 0.717) is 23.0 Å². The Morgan fingerprint density at radius 2 is 1.74 bits per heavy atom. The molecule has 0 unspecified atom stereocenters. The molecule has 3 rings (SSSR count). The van der Waals surface area contributed by atoms with Gasteiger partial charge >= 0.3 is 12.0 Å². The molecule has 2 aromatic carbocycles. The first-order valence-electron chi connectivity index (χ1n) is 8.45. The van der Waals surface area contributed by atoms with Crippen molar-refractivity contribution in [2.45, 2.75) is 13.8 Å². The molecule has 0 aliphatic carbocycles. The molecular weight excluding hydrogens is 362 g/mol. The first-order valence-corrected chi connectivity index (χ1v) is 9.26. The molecule has 0 saturated carbocycles. The number of amides is 2. The Morgan fingerprint density at radius 1 is 1.04 bits per heavy atom. The van der Waals surface area contributed by atoms with Crippen molar-refractivity contribution in [3.05, 3.63) is 65.0 Å². The molecule has 6 nitrogen and oxygen atoms in total. The van der Waals surface area contributed by atoms with Gasteiger partial charge in [0.2, 0.25) is 0 Å². The third kappa shape index (κ3) is 4.71. The fraction of sp³-hybridized carbons (Fsp3) is 0.150. The van der Waals surface area contributed by atoms with E-state index in [0.717, 1.165) is 16.1 Å². The number of hydrogen-bond acceptors (Lipinski definition) is 5. The van der Waals surface area contributed by atoms with Gasteiger partial charge < -0.3 is 10.1 Å². The molecule has 0 atom stereocenters. The van der Waals surface area contributed by atoms with E-state index in [-0.39, 0.29) is 5.97 Å². The van der Waals surface area contributed by atoms with Crippen molar-refractivity contribution in [3.8, 4) is 11.3 Å². The number of anilines is 2. The van der Waals surface area contributed by atoms with E-state index in [9.17, 15) is 9.59 Å². The monoisotopic (exact) mass is 381 g/mol. The number of nitrogens with one attached hydrogen (secondary N) is 2. The van der Waals surface area contributed by atoms with E-state index in [1.54, 1.807) is 31.2 Å². The largest absolute Gasteiger partial charge is 0.462 e. The number of rotatable bonds is 5. The molecule has 2 N–H and O–H groups in total. The Kier molecular flexibility index (Phi) is 5.83. The number of hydrogen-bond donors (Lipinski definition) is 2. The maximum absolute atomic E-state index is 12.2. The van der Waals surface area contributed by atoms with Gasteiger partial charge in [0.1, 0.15) is 0 Å². The van der Waals surface area contributed by atoms with Gasteiger partial charge in [-0.15, -0.1) is 11.3 Å². The van der Waals surface area contributed by atoms with Crippen molar-refractivity contribution >= 4 is 34.2 Å². The second kappa shape index (κ2) is 8.46. The van der Waals surface area contributed by atoms with E-state index in [4.69, 9.17) is 4.74 Å². The quantitative estimate of drug-likeness (QED) is 0.614. The summed E-state index contributed by atoms with van der Waals surface area (Å²) < 4.78 is 4.93. The van der Waals surface area contributed by atoms with E-state index in [2.05, 4.69) is 15.6 Å². The van der Waals surface area contributed by atoms with Crippen LogP contribution in [0.1, 0.15) is 22.2 Å². The highest BCUT2D eigenvalue weighted by Crippen LogP contribution is 2.30. The van der Waals surface area contributed by atoms with Crippen LogP contribution in [0.2, 0.25) is 0 Å². The van der Waals surface area contributed by atoms with E-state index in [1.807, 2.05) is 37.3 Å². The summed E-state index contributed by atoms with van der Waals surface area (Å²) >= 11 is 1.42. The van der Waals surface area contributed by atoms with Crippen LogP contribution in [-0.2, 0) is 4.74 Å². The minimum Gasteiger partial charge on any atom is -0.462 e. The smallest absolute Gasteiger partial charge is 0.338 e. The molecule has 0 fully saturated rings. The fourth-order valence-corrected chi connectivity index (χ4v) is 3.31. The summed E-state index contributed by atoms with van der Waals surface area (Å²) in [6, 6.07) is 15.9. The van der Waals surface area contributed by atoms with Gasteiger partial charge in [-0.2, -0.15) is 0 Å². The topological polar surface area (TPSA) is 80.3 Å². The normalized spacial score (nSPS) is 10.3. The Hall–Kier alpha value is -3.19. The molecule has 0 bridgehead atoms. The highest BCUT2D eigenvalue weighted by Gasteiger charge is 2.12. The lowest BCUT2D eigenvalue weighted by Crippen LogP contribution is -2.19. The van der Waals surface area contributed by atoms with Crippen molar-refractivity contribution in [1.82, 2.24) is 4.98 Å². The molecule has 7 heteroatoms. The lowest BCUT2D eigenvalue weighted by molar-refractivity contribution is 0.0526. The summed E-state index contributed by atoms with van der Waals surface area (Å²) in [6.07, 6.45) is 0. The van der Waals surface area contributed by atoms with E-state index < -0.39 is 6.03 Å². The van der Waals surface area contributed by atoms with Crippen LogP contribution in [0.15, 0.2) is 54.6 Å². The summed E-state index contributed by atoms with van der Waals surface area (Å²) in [5.74, 6) is -0.389. The SMILES string of the molecule is CCOC(=O)c1ccc(NC(=O)Nc2nc(-c3ccccc3)c(C)s2)cc1. The molecule has 1 aromatic heterocycles. The first-order chi connectivity index (χ1) is 13.1. The molecule has 3 aromatic rings. The summed E-state index contributed by atoms with van der Waals surface area (Å²) in [6.45, 7) is 4.04. The standard InChI is InChI=1S/C20H19N3O3S/c1-3-26-18(24)15-9-11-16(12-10-15)21-19(25)23-20-22-17(13(2)27-20)14-7-5-4-6-8-14/h4-12H,3H2,1-2H3,(H2,21,22,23,25). The second-order valence-electron chi connectivity index (χ2n) is 5.67. The number of benzene rings is 2. The molecule has 0 radical (unpaired) electrons. The van der Waals surface area contributed by atoms with Crippen LogP contribution in [0.3, 0.4) is 0 Å². The molecule has 0 saturated heterocycles. The minimum atomic E-state index is -0.396. The van der Waals surface area contributed by atoms with Gasteiger partial charge in [-0.05, 0) is 38.1 Å². The number of ether oxygens (including phenoxy) is 1. The second-order valence-corrected chi connectivity index (χ2v) is 6.87. The third-order valence-electron chi connectivity index (χ3n) is 3.72. The van der Waals surface area contributed by atoms with Gasteiger partial charge in [-0.1, -0.05) is 30.3 Å². The average Bonchev–Trinajstić information content (AvgIpc) is 3.03. The van der Waals surface area contributed by atoms with E-state index in [1.165, 1.54) is 11.3 Å². The highest BCUT2D eigenvalue weighted by atomic mass is 32.1. The number of aromatic nitrogens is 1. The first kappa shape index (κ1) is 18.6. The maximum atomic E-state index is 12.2. The van der Waals surface area contributed by atoms with Crippen molar-refractivity contribution < 1.29 is 14.3 Å². The fourth-order valence-electron chi connectivity index (χ4n) is 2.48. The third-order valence-corrected chi connectivity index (χ3v) is 4.60. The minimum absolute atomic E-state index is 0.319. The van der Waals surface area contributed by atoms with Crippen LogP contribution in [0.25, 0.3) is 11.3 Å². The van der Waals surface area contributed by atoms with Crippen LogP contribution in [0, 0.1) is 6.92 Å². The van der Waals surface area contributed by atoms with Crippen LogP contribution in [0.4, 0.5) is 15.6 Å². The molecule has 0 aliphatic rings. The number of aryl methyl sites for hydroxylation is 1. The summed E-state index contributed by atoms with van der Waals surface area (Å²) in [5, 5.41) is 5.99. The molecule has 27 heavy (non-hydrogen) atoms. The van der Waals surface area contributed by atoms with Crippen LogP contribution >= 0.6 is 11.3 Å². The zero-order valence-electron chi connectivity index (χ0n) is 15.0. The number of urea groups is 1. The molecule has 0 spiro atoms. The van der Waals surface area contributed by atoms with Crippen molar-refractivity contribution in [2.75, 3.05) is 17.2 Å². The highest BCUT2D eigenvalue weighted by molar-refractivity contribution is 7.16. The summed E-state index contributed by atoms with van der Waals surface area (Å²) in [7, 11) is 0. The summed E-state index contributed by atoms with van der Waals surface area (Å²) in [4.78, 5) is 29.4. The predicted octanol–water partition coefficient (Wildman–Crippen LogP) is 4.94. The van der Waals surface area contributed by atoms with Gasteiger partial charge in [0, 0.05) is 16.1 Å². The number of carbonyl (C=O) groups excluding carboxylic acids is 2. The van der Waals surface area contributed by atoms with Crippen LogP contribution in [-0.4, -0.2) is 23.6 Å². The zero-order chi connectivity index (χ0) is 19.2. The van der Waals surface area contributed by atoms with Gasteiger partial charge in [0.05, 0.1) is 17.9 Å². The average molecular weight is 381 g/mol. The number of nitrogens with zero attached hydrogens (tertiary/aromatic N) is 1.